The molecule has 4 aromatic rings. The molecular formula is C27H23F3N6O2. The van der Waals surface area contributed by atoms with Gasteiger partial charge >= 0.3 is 6.18 Å². The maximum absolute atomic E-state index is 13.8. The molecule has 8 nitrogen and oxygen atoms in total. The van der Waals surface area contributed by atoms with E-state index >= 15 is 0 Å². The van der Waals surface area contributed by atoms with Gasteiger partial charge in [-0.15, -0.1) is 0 Å². The molecule has 2 amide bonds. The molecule has 0 bridgehead atoms. The number of rotatable bonds is 5. The Kier molecular flexibility index (Phi) is 6.37. The third-order valence-electron chi connectivity index (χ3n) is 6.19. The molecule has 5 rings (SSSR count). The number of halogens is 3. The van der Waals surface area contributed by atoms with Crippen LogP contribution in [0.3, 0.4) is 0 Å². The Morgan fingerprint density at radius 2 is 1.74 bits per heavy atom. The van der Waals surface area contributed by atoms with E-state index in [0.717, 1.165) is 12.1 Å². The molecule has 0 aliphatic carbocycles. The lowest BCUT2D eigenvalue weighted by molar-refractivity contribution is -0.138. The molecule has 1 atom stereocenters. The molecule has 2 aromatic heterocycles. The number of hydrogen-bond donors (Lipinski definition) is 3. The van der Waals surface area contributed by atoms with E-state index in [9.17, 15) is 22.8 Å². The van der Waals surface area contributed by atoms with Crippen molar-refractivity contribution in [1.29, 1.82) is 0 Å². The average Bonchev–Trinajstić information content (AvgIpc) is 3.51. The first-order valence-electron chi connectivity index (χ1n) is 11.6. The van der Waals surface area contributed by atoms with E-state index in [0.29, 0.717) is 28.3 Å². The van der Waals surface area contributed by atoms with E-state index in [4.69, 9.17) is 0 Å². The summed E-state index contributed by atoms with van der Waals surface area (Å²) >= 11 is 0. The Labute approximate surface area is 215 Å². The summed E-state index contributed by atoms with van der Waals surface area (Å²) in [7, 11) is 3.19. The first-order valence-corrected chi connectivity index (χ1v) is 11.6. The summed E-state index contributed by atoms with van der Waals surface area (Å²) in [6.07, 6.45) is 0.227. The molecule has 2 aromatic carbocycles. The Bertz CT molecular complexity index is 1560. The molecule has 194 valence electrons. The van der Waals surface area contributed by atoms with Crippen LogP contribution in [0.2, 0.25) is 0 Å². The fourth-order valence-electron chi connectivity index (χ4n) is 4.34. The molecule has 1 aliphatic rings. The quantitative estimate of drug-likeness (QED) is 0.357. The van der Waals surface area contributed by atoms with Gasteiger partial charge in [0.15, 0.2) is 0 Å². The zero-order valence-electron chi connectivity index (χ0n) is 20.4. The standard InChI is InChI=1S/C27H23F3N6O2/c1-31-25(37)18-10-13-36-22(15-18)32-23(16-6-4-3-5-7-16)24(36)33-26(38)17-8-9-20(27(28,29)30)19(14-17)21-11-12-35(2)34-21/h3-15,21,34H,1-2H3,(H,31,37)(H,33,38). The number of imidazole rings is 1. The molecule has 0 spiro atoms. The number of nitrogens with one attached hydrogen (secondary N) is 3. The van der Waals surface area contributed by atoms with Crippen LogP contribution in [0.1, 0.15) is 37.9 Å². The van der Waals surface area contributed by atoms with Gasteiger partial charge in [-0.2, -0.15) is 13.2 Å². The highest BCUT2D eigenvalue weighted by atomic mass is 19.4. The molecule has 1 unspecified atom stereocenters. The number of benzene rings is 2. The average molecular weight is 521 g/mol. The van der Waals surface area contributed by atoms with E-state index in [1.54, 1.807) is 47.1 Å². The summed E-state index contributed by atoms with van der Waals surface area (Å²) in [5.41, 5.74) is 4.03. The van der Waals surface area contributed by atoms with Crippen molar-refractivity contribution >= 4 is 23.3 Å². The van der Waals surface area contributed by atoms with Crippen LogP contribution in [0.25, 0.3) is 16.9 Å². The molecule has 1 aliphatic heterocycles. The van der Waals surface area contributed by atoms with E-state index in [2.05, 4.69) is 21.0 Å². The monoisotopic (exact) mass is 520 g/mol. The van der Waals surface area contributed by atoms with Crippen LogP contribution in [0, 0.1) is 0 Å². The van der Waals surface area contributed by atoms with Gasteiger partial charge in [0, 0.05) is 43.2 Å². The lowest BCUT2D eigenvalue weighted by Gasteiger charge is -2.20. The van der Waals surface area contributed by atoms with Crippen molar-refractivity contribution in [3.8, 4) is 11.3 Å². The van der Waals surface area contributed by atoms with Gasteiger partial charge in [-0.3, -0.25) is 14.0 Å². The Balaban J connectivity index is 1.57. The fraction of sp³-hybridized carbons (Fsp3) is 0.148. The second kappa shape index (κ2) is 9.67. The maximum atomic E-state index is 13.8. The third kappa shape index (κ3) is 4.71. The number of anilines is 1. The molecule has 0 fully saturated rings. The number of amides is 2. The topological polar surface area (TPSA) is 90.8 Å². The predicted octanol–water partition coefficient (Wildman–Crippen LogP) is 4.64. The van der Waals surface area contributed by atoms with E-state index in [1.165, 1.54) is 13.1 Å². The zero-order chi connectivity index (χ0) is 27.0. The predicted molar refractivity (Wildman–Crippen MR) is 136 cm³/mol. The van der Waals surface area contributed by atoms with E-state index < -0.39 is 23.7 Å². The number of carbonyl (C=O) groups excluding carboxylic acids is 2. The molecule has 11 heteroatoms. The number of fused-ring (bicyclic) bond motifs is 1. The summed E-state index contributed by atoms with van der Waals surface area (Å²) in [5, 5.41) is 6.94. The van der Waals surface area contributed by atoms with Crippen molar-refractivity contribution in [2.45, 2.75) is 12.2 Å². The highest BCUT2D eigenvalue weighted by molar-refractivity contribution is 6.06. The molecule has 0 radical (unpaired) electrons. The van der Waals surface area contributed by atoms with Crippen molar-refractivity contribution in [1.82, 2.24) is 25.1 Å². The number of nitrogens with zero attached hydrogens (tertiary/aromatic N) is 3. The first kappa shape index (κ1) is 25.0. The Morgan fingerprint density at radius 3 is 2.39 bits per heavy atom. The van der Waals surface area contributed by atoms with Gasteiger partial charge in [0.1, 0.15) is 17.2 Å². The largest absolute Gasteiger partial charge is 0.416 e. The third-order valence-corrected chi connectivity index (χ3v) is 6.19. The number of aromatic nitrogens is 2. The van der Waals surface area contributed by atoms with Gasteiger partial charge in [-0.05, 0) is 42.0 Å². The van der Waals surface area contributed by atoms with Crippen LogP contribution >= 0.6 is 0 Å². The van der Waals surface area contributed by atoms with Crippen LogP contribution in [-0.4, -0.2) is 40.3 Å². The smallest absolute Gasteiger partial charge is 0.355 e. The van der Waals surface area contributed by atoms with E-state index in [1.807, 2.05) is 30.3 Å². The van der Waals surface area contributed by atoms with Crippen molar-refractivity contribution in [3.63, 3.8) is 0 Å². The SMILES string of the molecule is CNC(=O)c1ccn2c(NC(=O)c3ccc(C(F)(F)F)c(C4C=CN(C)N4)c3)c(-c3ccccc3)nc2c1. The first-order chi connectivity index (χ1) is 18.2. The lowest BCUT2D eigenvalue weighted by atomic mass is 9.97. The lowest BCUT2D eigenvalue weighted by Crippen LogP contribution is -2.28. The summed E-state index contributed by atoms with van der Waals surface area (Å²) in [5.74, 6) is -0.579. The summed E-state index contributed by atoms with van der Waals surface area (Å²) in [6, 6.07) is 14.9. The van der Waals surface area contributed by atoms with Crippen LogP contribution in [0.4, 0.5) is 19.0 Å². The van der Waals surface area contributed by atoms with Crippen molar-refractivity contribution in [2.24, 2.45) is 0 Å². The highest BCUT2D eigenvalue weighted by Crippen LogP contribution is 2.37. The zero-order valence-corrected chi connectivity index (χ0v) is 20.4. The second-order valence-electron chi connectivity index (χ2n) is 8.71. The molecular weight excluding hydrogens is 497 g/mol. The van der Waals surface area contributed by atoms with Gasteiger partial charge in [0.05, 0.1) is 11.6 Å². The number of carbonyl (C=O) groups is 2. The second-order valence-corrected chi connectivity index (χ2v) is 8.71. The Morgan fingerprint density at radius 1 is 1.00 bits per heavy atom. The van der Waals surface area contributed by atoms with Crippen LogP contribution in [-0.2, 0) is 6.18 Å². The van der Waals surface area contributed by atoms with Crippen molar-refractivity contribution in [3.05, 3.63) is 101 Å². The number of alkyl halides is 3. The van der Waals surface area contributed by atoms with Crippen LogP contribution in [0.15, 0.2) is 79.1 Å². The van der Waals surface area contributed by atoms with Gasteiger partial charge in [0.2, 0.25) is 0 Å². The molecule has 0 saturated carbocycles. The van der Waals surface area contributed by atoms with E-state index in [-0.39, 0.29) is 17.0 Å². The summed E-state index contributed by atoms with van der Waals surface area (Å²) in [4.78, 5) is 30.2. The number of hydrazine groups is 1. The highest BCUT2D eigenvalue weighted by Gasteiger charge is 2.36. The van der Waals surface area contributed by atoms with Gasteiger partial charge in [-0.25, -0.2) is 10.4 Å². The fourth-order valence-corrected chi connectivity index (χ4v) is 4.34. The van der Waals surface area contributed by atoms with Gasteiger partial charge < -0.3 is 15.6 Å². The van der Waals surface area contributed by atoms with Gasteiger partial charge in [-0.1, -0.05) is 30.3 Å². The minimum absolute atomic E-state index is 0.0497. The minimum Gasteiger partial charge on any atom is -0.355 e. The molecule has 3 N–H and O–H groups in total. The molecule has 3 heterocycles. The molecule has 0 saturated heterocycles. The summed E-state index contributed by atoms with van der Waals surface area (Å²) in [6.45, 7) is 0. The van der Waals surface area contributed by atoms with Crippen molar-refractivity contribution < 1.29 is 22.8 Å². The van der Waals surface area contributed by atoms with Gasteiger partial charge in [0.25, 0.3) is 11.8 Å². The minimum atomic E-state index is -4.59. The summed E-state index contributed by atoms with van der Waals surface area (Å²) < 4.78 is 42.9. The van der Waals surface area contributed by atoms with Crippen LogP contribution < -0.4 is 16.1 Å². The van der Waals surface area contributed by atoms with Crippen molar-refractivity contribution in [2.75, 3.05) is 19.4 Å². The molecule has 38 heavy (non-hydrogen) atoms. The number of hydrogen-bond acceptors (Lipinski definition) is 5. The van der Waals surface area contributed by atoms with Crippen LogP contribution in [0.5, 0.6) is 0 Å². The maximum Gasteiger partial charge on any atom is 0.416 e. The Hall–Kier alpha value is -4.64. The number of pyridine rings is 1. The normalized spacial score (nSPS) is 15.2.